The normalized spacial score (nSPS) is 10.3. The Balaban J connectivity index is 2.12. The zero-order valence-corrected chi connectivity index (χ0v) is 10.6. The zero-order chi connectivity index (χ0) is 13.1. The van der Waals surface area contributed by atoms with Gasteiger partial charge in [0.25, 0.3) is 5.91 Å². The average molecular weight is 263 g/mol. The van der Waals surface area contributed by atoms with Crippen LogP contribution in [0, 0.1) is 0 Å². The number of phenols is 1. The van der Waals surface area contributed by atoms with Crippen LogP contribution in [0.1, 0.15) is 16.1 Å². The fourth-order valence-electron chi connectivity index (χ4n) is 1.53. The van der Waals surface area contributed by atoms with Crippen LogP contribution in [-0.2, 0) is 6.54 Å². The number of nitrogen functional groups attached to an aromatic ring is 1. The largest absolute Gasteiger partial charge is 0.506 e. The molecule has 2 aromatic rings. The molecule has 0 saturated carbocycles. The summed E-state index contributed by atoms with van der Waals surface area (Å²) in [6.45, 7) is 0.438. The lowest BCUT2D eigenvalue weighted by atomic mass is 10.1. The van der Waals surface area contributed by atoms with Crippen molar-refractivity contribution in [2.45, 2.75) is 6.54 Å². The van der Waals surface area contributed by atoms with E-state index in [9.17, 15) is 9.90 Å². The lowest BCUT2D eigenvalue weighted by Gasteiger charge is -2.16. The number of rotatable bonds is 3. The molecule has 0 radical (unpaired) electrons. The lowest BCUT2D eigenvalue weighted by molar-refractivity contribution is 0.0783. The number of benzene rings is 1. The summed E-state index contributed by atoms with van der Waals surface area (Å²) in [6, 6.07) is 4.48. The molecule has 0 aliphatic carbocycles. The number of hydrogen-bond donors (Lipinski definition) is 2. The van der Waals surface area contributed by atoms with E-state index in [0.717, 1.165) is 5.69 Å². The molecule has 1 heterocycles. The van der Waals surface area contributed by atoms with E-state index in [0.29, 0.717) is 12.1 Å². The van der Waals surface area contributed by atoms with Crippen molar-refractivity contribution in [1.29, 1.82) is 0 Å². The van der Waals surface area contributed by atoms with Gasteiger partial charge in [-0.2, -0.15) is 0 Å². The molecule has 1 aromatic heterocycles. The van der Waals surface area contributed by atoms with Crippen molar-refractivity contribution in [3.63, 3.8) is 0 Å². The van der Waals surface area contributed by atoms with E-state index in [1.807, 2.05) is 5.38 Å². The first-order valence-electron chi connectivity index (χ1n) is 5.29. The molecule has 3 N–H and O–H groups in total. The fourth-order valence-corrected chi connectivity index (χ4v) is 2.08. The third kappa shape index (κ3) is 2.60. The molecule has 0 aliphatic heterocycles. The molecule has 0 atom stereocenters. The SMILES string of the molecule is CN(Cc1cscn1)C(=O)c1ccc(N)c(O)c1. The minimum Gasteiger partial charge on any atom is -0.506 e. The van der Waals surface area contributed by atoms with E-state index in [1.54, 1.807) is 23.5 Å². The minimum atomic E-state index is -0.182. The molecular formula is C12H13N3O2S. The highest BCUT2D eigenvalue weighted by atomic mass is 32.1. The van der Waals surface area contributed by atoms with Crippen LogP contribution in [0.4, 0.5) is 5.69 Å². The summed E-state index contributed by atoms with van der Waals surface area (Å²) >= 11 is 1.49. The van der Waals surface area contributed by atoms with Crippen LogP contribution < -0.4 is 5.73 Å². The monoisotopic (exact) mass is 263 g/mol. The van der Waals surface area contributed by atoms with Crippen LogP contribution in [0.5, 0.6) is 5.75 Å². The van der Waals surface area contributed by atoms with Gasteiger partial charge in [-0.05, 0) is 18.2 Å². The van der Waals surface area contributed by atoms with Crippen LogP contribution in [0.25, 0.3) is 0 Å². The van der Waals surface area contributed by atoms with Gasteiger partial charge in [0.05, 0.1) is 23.4 Å². The topological polar surface area (TPSA) is 79.5 Å². The highest BCUT2D eigenvalue weighted by Gasteiger charge is 2.14. The van der Waals surface area contributed by atoms with Crippen molar-refractivity contribution in [3.05, 3.63) is 40.3 Å². The molecule has 18 heavy (non-hydrogen) atoms. The van der Waals surface area contributed by atoms with Crippen molar-refractivity contribution in [3.8, 4) is 5.75 Å². The molecule has 94 valence electrons. The Morgan fingerprint density at radius 1 is 1.56 bits per heavy atom. The van der Waals surface area contributed by atoms with E-state index in [1.165, 1.54) is 23.5 Å². The molecule has 0 spiro atoms. The average Bonchev–Trinajstić information content (AvgIpc) is 2.84. The van der Waals surface area contributed by atoms with Gasteiger partial charge in [0.1, 0.15) is 5.75 Å². The number of hydrogen-bond acceptors (Lipinski definition) is 5. The van der Waals surface area contributed by atoms with Crippen molar-refractivity contribution in [2.24, 2.45) is 0 Å². The summed E-state index contributed by atoms with van der Waals surface area (Å²) in [5.74, 6) is -0.263. The number of anilines is 1. The van der Waals surface area contributed by atoms with Gasteiger partial charge in [-0.3, -0.25) is 4.79 Å². The van der Waals surface area contributed by atoms with Crippen molar-refractivity contribution in [2.75, 3.05) is 12.8 Å². The Hall–Kier alpha value is -2.08. The number of carbonyl (C=O) groups is 1. The molecule has 0 unspecified atom stereocenters. The Labute approximate surface area is 108 Å². The number of aromatic nitrogens is 1. The molecule has 1 aromatic carbocycles. The zero-order valence-electron chi connectivity index (χ0n) is 9.83. The first-order valence-corrected chi connectivity index (χ1v) is 6.23. The van der Waals surface area contributed by atoms with Gasteiger partial charge < -0.3 is 15.7 Å². The van der Waals surface area contributed by atoms with E-state index < -0.39 is 0 Å². The second kappa shape index (κ2) is 5.05. The number of carbonyl (C=O) groups excluding carboxylic acids is 1. The Morgan fingerprint density at radius 2 is 2.33 bits per heavy atom. The molecular weight excluding hydrogens is 250 g/mol. The van der Waals surface area contributed by atoms with Crippen LogP contribution in [0.2, 0.25) is 0 Å². The lowest BCUT2D eigenvalue weighted by Crippen LogP contribution is -2.26. The summed E-state index contributed by atoms with van der Waals surface area (Å²) in [5, 5.41) is 11.4. The van der Waals surface area contributed by atoms with Gasteiger partial charge in [0.2, 0.25) is 0 Å². The first kappa shape index (κ1) is 12.4. The van der Waals surface area contributed by atoms with Gasteiger partial charge in [0, 0.05) is 18.0 Å². The number of amides is 1. The first-order chi connectivity index (χ1) is 8.58. The number of thiazole rings is 1. The van der Waals surface area contributed by atoms with Crippen LogP contribution >= 0.6 is 11.3 Å². The molecule has 1 amide bonds. The van der Waals surface area contributed by atoms with E-state index in [2.05, 4.69) is 4.98 Å². The Morgan fingerprint density at radius 3 is 2.94 bits per heavy atom. The summed E-state index contributed by atoms with van der Waals surface area (Å²) in [4.78, 5) is 17.7. The Bertz CT molecular complexity index is 554. The van der Waals surface area contributed by atoms with Crippen LogP contribution in [0.15, 0.2) is 29.1 Å². The van der Waals surface area contributed by atoms with Crippen molar-refractivity contribution >= 4 is 22.9 Å². The highest BCUT2D eigenvalue weighted by molar-refractivity contribution is 7.07. The van der Waals surface area contributed by atoms with E-state index in [-0.39, 0.29) is 17.3 Å². The number of aromatic hydroxyl groups is 1. The third-order valence-corrected chi connectivity index (χ3v) is 3.14. The fraction of sp³-hybridized carbons (Fsp3) is 0.167. The maximum atomic E-state index is 12.1. The van der Waals surface area contributed by atoms with Crippen LogP contribution in [0.3, 0.4) is 0 Å². The van der Waals surface area contributed by atoms with Gasteiger partial charge in [-0.1, -0.05) is 0 Å². The molecule has 2 rings (SSSR count). The second-order valence-corrected chi connectivity index (χ2v) is 4.63. The quantitative estimate of drug-likeness (QED) is 0.652. The van der Waals surface area contributed by atoms with Gasteiger partial charge in [0.15, 0.2) is 0 Å². The summed E-state index contributed by atoms with van der Waals surface area (Å²) in [6.07, 6.45) is 0. The van der Waals surface area contributed by atoms with Gasteiger partial charge in [-0.25, -0.2) is 4.98 Å². The molecule has 0 fully saturated rings. The second-order valence-electron chi connectivity index (χ2n) is 3.91. The smallest absolute Gasteiger partial charge is 0.254 e. The van der Waals surface area contributed by atoms with Crippen LogP contribution in [-0.4, -0.2) is 27.9 Å². The predicted octanol–water partition coefficient (Wildman–Crippen LogP) is 1.70. The van der Waals surface area contributed by atoms with E-state index in [4.69, 9.17) is 5.73 Å². The Kier molecular flexibility index (Phi) is 3.47. The third-order valence-electron chi connectivity index (χ3n) is 2.51. The molecule has 0 bridgehead atoms. The molecule has 6 heteroatoms. The summed E-state index contributed by atoms with van der Waals surface area (Å²) in [5.41, 5.74) is 8.72. The molecule has 5 nitrogen and oxygen atoms in total. The summed E-state index contributed by atoms with van der Waals surface area (Å²) in [7, 11) is 1.69. The van der Waals surface area contributed by atoms with Crippen molar-refractivity contribution in [1.82, 2.24) is 9.88 Å². The predicted molar refractivity (Wildman–Crippen MR) is 70.4 cm³/mol. The minimum absolute atomic E-state index is 0.0806. The standard InChI is InChI=1S/C12H13N3O2S/c1-15(5-9-6-18-7-14-9)12(17)8-2-3-10(13)11(16)4-8/h2-4,6-7,16H,5,13H2,1H3. The highest BCUT2D eigenvalue weighted by Crippen LogP contribution is 2.21. The van der Waals surface area contributed by atoms with Gasteiger partial charge >= 0.3 is 0 Å². The number of phenolic OH excluding ortho intramolecular Hbond substituents is 1. The summed E-state index contributed by atoms with van der Waals surface area (Å²) < 4.78 is 0. The van der Waals surface area contributed by atoms with E-state index >= 15 is 0 Å². The number of nitrogens with two attached hydrogens (primary N) is 1. The maximum absolute atomic E-state index is 12.1. The van der Waals surface area contributed by atoms with Crippen molar-refractivity contribution < 1.29 is 9.90 Å². The maximum Gasteiger partial charge on any atom is 0.254 e. The number of nitrogens with zero attached hydrogens (tertiary/aromatic N) is 2. The molecule has 0 saturated heterocycles. The van der Waals surface area contributed by atoms with Gasteiger partial charge in [-0.15, -0.1) is 11.3 Å². The molecule has 0 aliphatic rings.